The highest BCUT2D eigenvalue weighted by molar-refractivity contribution is 5.86. The van der Waals surface area contributed by atoms with Crippen LogP contribution in [0.25, 0.3) is 0 Å². The van der Waals surface area contributed by atoms with Crippen LogP contribution in [-0.2, 0) is 9.59 Å². The van der Waals surface area contributed by atoms with Crippen molar-refractivity contribution in [2.45, 2.75) is 39.2 Å². The molecule has 2 rings (SSSR count). The molecule has 1 saturated heterocycles. The van der Waals surface area contributed by atoms with Crippen LogP contribution in [0, 0.1) is 17.8 Å². The lowest BCUT2D eigenvalue weighted by atomic mass is 9.93. The minimum Gasteiger partial charge on any atom is -0.480 e. The lowest BCUT2D eigenvalue weighted by Gasteiger charge is -2.28. The smallest absolute Gasteiger partial charge is 0.323 e. The molecular weight excluding hydrogens is 244 g/mol. The van der Waals surface area contributed by atoms with E-state index in [9.17, 15) is 9.59 Å². The molecule has 0 radical (unpaired) electrons. The monoisotopic (exact) mass is 268 g/mol. The van der Waals surface area contributed by atoms with Crippen LogP contribution in [-0.4, -0.2) is 47.6 Å². The Balaban J connectivity index is 2.03. The van der Waals surface area contributed by atoms with Gasteiger partial charge in [0.15, 0.2) is 0 Å². The molecule has 5 heteroatoms. The maximum atomic E-state index is 12.6. The van der Waals surface area contributed by atoms with E-state index in [0.717, 1.165) is 13.0 Å². The summed E-state index contributed by atoms with van der Waals surface area (Å²) in [5.41, 5.74) is 0. The number of hydrogen-bond acceptors (Lipinski definition) is 3. The van der Waals surface area contributed by atoms with E-state index in [4.69, 9.17) is 5.11 Å². The number of rotatable bonds is 5. The SMILES string of the molecule is CC(C)CN(CC(=O)O)C(=O)C1NCC2CCCC21. The number of hydrogen-bond donors (Lipinski definition) is 2. The Morgan fingerprint density at radius 3 is 2.74 bits per heavy atom. The van der Waals surface area contributed by atoms with Crippen molar-refractivity contribution >= 4 is 11.9 Å². The zero-order valence-electron chi connectivity index (χ0n) is 11.8. The molecule has 1 saturated carbocycles. The van der Waals surface area contributed by atoms with Crippen LogP contribution in [0.1, 0.15) is 33.1 Å². The molecule has 2 N–H and O–H groups in total. The molecule has 5 nitrogen and oxygen atoms in total. The molecule has 0 bridgehead atoms. The maximum Gasteiger partial charge on any atom is 0.323 e. The van der Waals surface area contributed by atoms with Crippen LogP contribution in [0.3, 0.4) is 0 Å². The van der Waals surface area contributed by atoms with Crippen LogP contribution >= 0.6 is 0 Å². The van der Waals surface area contributed by atoms with Crippen LogP contribution in [0.4, 0.5) is 0 Å². The van der Waals surface area contributed by atoms with Crippen molar-refractivity contribution < 1.29 is 14.7 Å². The summed E-state index contributed by atoms with van der Waals surface area (Å²) in [6.07, 6.45) is 3.49. The highest BCUT2D eigenvalue weighted by Crippen LogP contribution is 2.38. The van der Waals surface area contributed by atoms with E-state index in [1.807, 2.05) is 13.8 Å². The van der Waals surface area contributed by atoms with Crippen molar-refractivity contribution in [3.63, 3.8) is 0 Å². The number of fused-ring (bicyclic) bond motifs is 1. The first-order valence-corrected chi connectivity index (χ1v) is 7.23. The Kier molecular flexibility index (Phi) is 4.45. The number of carbonyl (C=O) groups is 2. The highest BCUT2D eigenvalue weighted by Gasteiger charge is 2.43. The summed E-state index contributed by atoms with van der Waals surface area (Å²) in [7, 11) is 0. The lowest BCUT2D eigenvalue weighted by molar-refractivity contribution is -0.146. The van der Waals surface area contributed by atoms with Gasteiger partial charge in [-0.05, 0) is 37.1 Å². The molecule has 3 atom stereocenters. The molecule has 0 aromatic carbocycles. The number of nitrogens with zero attached hydrogens (tertiary/aromatic N) is 1. The van der Waals surface area contributed by atoms with E-state index in [1.54, 1.807) is 0 Å². The molecule has 1 heterocycles. The first kappa shape index (κ1) is 14.3. The minimum absolute atomic E-state index is 0.0227. The summed E-state index contributed by atoms with van der Waals surface area (Å²) in [6, 6.07) is -0.161. The molecule has 19 heavy (non-hydrogen) atoms. The van der Waals surface area contributed by atoms with E-state index in [-0.39, 0.29) is 24.4 Å². The van der Waals surface area contributed by atoms with Gasteiger partial charge in [-0.25, -0.2) is 0 Å². The Hall–Kier alpha value is -1.10. The first-order chi connectivity index (χ1) is 8.99. The molecule has 0 aromatic rings. The van der Waals surface area contributed by atoms with Gasteiger partial charge in [-0.1, -0.05) is 20.3 Å². The summed E-state index contributed by atoms with van der Waals surface area (Å²) in [4.78, 5) is 25.0. The average molecular weight is 268 g/mol. The third-order valence-corrected chi connectivity index (χ3v) is 4.24. The van der Waals surface area contributed by atoms with Gasteiger partial charge < -0.3 is 15.3 Å². The van der Waals surface area contributed by atoms with Crippen LogP contribution in [0.15, 0.2) is 0 Å². The fraction of sp³-hybridized carbons (Fsp3) is 0.857. The number of carboxylic acids is 1. The minimum atomic E-state index is -0.935. The predicted octanol–water partition coefficient (Wildman–Crippen LogP) is 0.944. The van der Waals surface area contributed by atoms with Gasteiger partial charge in [-0.3, -0.25) is 9.59 Å². The van der Waals surface area contributed by atoms with E-state index >= 15 is 0 Å². The summed E-state index contributed by atoms with van der Waals surface area (Å²) in [6.45, 7) is 5.24. The lowest BCUT2D eigenvalue weighted by Crippen LogP contribution is -2.49. The maximum absolute atomic E-state index is 12.6. The first-order valence-electron chi connectivity index (χ1n) is 7.23. The van der Waals surface area contributed by atoms with Crippen LogP contribution in [0.5, 0.6) is 0 Å². The number of nitrogens with one attached hydrogen (secondary N) is 1. The van der Waals surface area contributed by atoms with Gasteiger partial charge in [0.05, 0.1) is 6.04 Å². The molecule has 3 unspecified atom stereocenters. The fourth-order valence-electron chi connectivity index (χ4n) is 3.49. The molecule has 1 aliphatic heterocycles. The van der Waals surface area contributed by atoms with Gasteiger partial charge in [-0.15, -0.1) is 0 Å². The third kappa shape index (κ3) is 3.26. The summed E-state index contributed by atoms with van der Waals surface area (Å²) in [5, 5.41) is 12.3. The van der Waals surface area contributed by atoms with Crippen molar-refractivity contribution in [3.05, 3.63) is 0 Å². The van der Waals surface area contributed by atoms with E-state index < -0.39 is 5.97 Å². The topological polar surface area (TPSA) is 69.6 Å². The number of carboxylic acid groups (broad SMARTS) is 1. The molecule has 2 aliphatic rings. The van der Waals surface area contributed by atoms with E-state index in [0.29, 0.717) is 18.4 Å². The number of carbonyl (C=O) groups excluding carboxylic acids is 1. The second-order valence-electron chi connectivity index (χ2n) is 6.25. The van der Waals surface area contributed by atoms with Crippen molar-refractivity contribution in [2.75, 3.05) is 19.6 Å². The van der Waals surface area contributed by atoms with Crippen LogP contribution in [0.2, 0.25) is 0 Å². The second-order valence-corrected chi connectivity index (χ2v) is 6.25. The van der Waals surface area contributed by atoms with Gasteiger partial charge in [0.25, 0.3) is 0 Å². The Morgan fingerprint density at radius 1 is 1.37 bits per heavy atom. The highest BCUT2D eigenvalue weighted by atomic mass is 16.4. The normalized spacial score (nSPS) is 29.5. The van der Waals surface area contributed by atoms with Gasteiger partial charge in [0.1, 0.15) is 6.54 Å². The Labute approximate surface area is 114 Å². The summed E-state index contributed by atoms with van der Waals surface area (Å²) >= 11 is 0. The van der Waals surface area contributed by atoms with Crippen molar-refractivity contribution in [2.24, 2.45) is 17.8 Å². The average Bonchev–Trinajstić information content (AvgIpc) is 2.87. The molecular formula is C14H24N2O3. The molecule has 1 aliphatic carbocycles. The number of aliphatic carboxylic acids is 1. The van der Waals surface area contributed by atoms with Gasteiger partial charge >= 0.3 is 5.97 Å². The Morgan fingerprint density at radius 2 is 2.11 bits per heavy atom. The molecule has 2 fully saturated rings. The van der Waals surface area contributed by atoms with Crippen molar-refractivity contribution in [3.8, 4) is 0 Å². The van der Waals surface area contributed by atoms with Crippen molar-refractivity contribution in [1.82, 2.24) is 10.2 Å². The molecule has 0 aromatic heterocycles. The zero-order valence-corrected chi connectivity index (χ0v) is 11.8. The van der Waals surface area contributed by atoms with E-state index in [2.05, 4.69) is 5.32 Å². The van der Waals surface area contributed by atoms with Crippen LogP contribution < -0.4 is 5.32 Å². The fourth-order valence-corrected chi connectivity index (χ4v) is 3.49. The summed E-state index contributed by atoms with van der Waals surface area (Å²) in [5.74, 6) is 0.347. The molecule has 1 amide bonds. The standard InChI is InChI=1S/C14H24N2O3/c1-9(2)7-16(8-12(17)18)14(19)13-11-5-3-4-10(11)6-15-13/h9-11,13,15H,3-8H2,1-2H3,(H,17,18). The third-order valence-electron chi connectivity index (χ3n) is 4.24. The largest absolute Gasteiger partial charge is 0.480 e. The zero-order chi connectivity index (χ0) is 14.0. The molecule has 108 valence electrons. The van der Waals surface area contributed by atoms with Crippen molar-refractivity contribution in [1.29, 1.82) is 0 Å². The quantitative estimate of drug-likeness (QED) is 0.778. The van der Waals surface area contributed by atoms with Gasteiger partial charge in [-0.2, -0.15) is 0 Å². The number of amides is 1. The predicted molar refractivity (Wildman–Crippen MR) is 71.7 cm³/mol. The Bertz CT molecular complexity index is 357. The summed E-state index contributed by atoms with van der Waals surface area (Å²) < 4.78 is 0. The second kappa shape index (κ2) is 5.90. The van der Waals surface area contributed by atoms with Gasteiger partial charge in [0, 0.05) is 6.54 Å². The molecule has 0 spiro atoms. The van der Waals surface area contributed by atoms with E-state index in [1.165, 1.54) is 17.7 Å². The van der Waals surface area contributed by atoms with Gasteiger partial charge in [0.2, 0.25) is 5.91 Å².